The van der Waals surface area contributed by atoms with Gasteiger partial charge in [-0.3, -0.25) is 4.68 Å². The molecule has 1 aliphatic rings. The number of aryl methyl sites for hydroxylation is 2. The molecule has 108 valence electrons. The second kappa shape index (κ2) is 5.23. The van der Waals surface area contributed by atoms with Crippen LogP contribution in [0.3, 0.4) is 0 Å². The van der Waals surface area contributed by atoms with Crippen molar-refractivity contribution in [2.45, 2.75) is 19.3 Å². The Morgan fingerprint density at radius 2 is 2.19 bits per heavy atom. The number of nitrogens with zero attached hydrogens (tertiary/aromatic N) is 4. The lowest BCUT2D eigenvalue weighted by molar-refractivity contribution is 0.657. The van der Waals surface area contributed by atoms with Crippen molar-refractivity contribution in [2.24, 2.45) is 12.8 Å². The van der Waals surface area contributed by atoms with Crippen LogP contribution in [0.1, 0.15) is 29.2 Å². The zero-order valence-electron chi connectivity index (χ0n) is 12.4. The van der Waals surface area contributed by atoms with Crippen LogP contribution < -0.4 is 10.6 Å². The van der Waals surface area contributed by atoms with E-state index in [0.717, 1.165) is 30.2 Å². The van der Waals surface area contributed by atoms with Crippen molar-refractivity contribution in [3.05, 3.63) is 41.1 Å². The van der Waals surface area contributed by atoms with Crippen LogP contribution in [0.4, 0.5) is 11.5 Å². The summed E-state index contributed by atoms with van der Waals surface area (Å²) in [4.78, 5) is 2.20. The fourth-order valence-electron chi connectivity index (χ4n) is 3.23. The minimum absolute atomic E-state index is 0.410. The van der Waals surface area contributed by atoms with E-state index in [9.17, 15) is 5.26 Å². The van der Waals surface area contributed by atoms with Crippen LogP contribution in [-0.2, 0) is 7.05 Å². The highest BCUT2D eigenvalue weighted by atomic mass is 15.4. The molecule has 1 aliphatic heterocycles. The van der Waals surface area contributed by atoms with Gasteiger partial charge in [0.1, 0.15) is 17.5 Å². The normalized spacial score (nSPS) is 16.9. The molecule has 0 amide bonds. The summed E-state index contributed by atoms with van der Waals surface area (Å²) in [6.07, 6.45) is 0.951. The van der Waals surface area contributed by atoms with E-state index in [0.29, 0.717) is 18.0 Å². The lowest BCUT2D eigenvalue weighted by Crippen LogP contribution is -2.20. The van der Waals surface area contributed by atoms with E-state index in [1.807, 2.05) is 20.0 Å². The number of fused-ring (bicyclic) bond motifs is 1. The standard InChI is InChI=1S/C16H19N5/c1-11-14(9-18)16(20(2)19-11)21-10-12(7-8-17)13-5-3-4-6-15(13)21/h3-6,12H,7-8,10,17H2,1-2H3. The molecule has 5 nitrogen and oxygen atoms in total. The number of para-hydroxylation sites is 1. The van der Waals surface area contributed by atoms with E-state index >= 15 is 0 Å². The quantitative estimate of drug-likeness (QED) is 0.936. The number of hydrogen-bond acceptors (Lipinski definition) is 4. The third kappa shape index (κ3) is 2.08. The first-order valence-electron chi connectivity index (χ1n) is 7.17. The van der Waals surface area contributed by atoms with Gasteiger partial charge in [-0.15, -0.1) is 0 Å². The molecule has 0 fully saturated rings. The summed E-state index contributed by atoms with van der Waals surface area (Å²) in [5.74, 6) is 1.29. The molecule has 1 unspecified atom stereocenters. The summed E-state index contributed by atoms with van der Waals surface area (Å²) in [6, 6.07) is 10.6. The molecule has 2 aromatic rings. The van der Waals surface area contributed by atoms with Crippen molar-refractivity contribution in [1.29, 1.82) is 5.26 Å². The van der Waals surface area contributed by atoms with Gasteiger partial charge in [0.25, 0.3) is 0 Å². The maximum absolute atomic E-state index is 9.44. The van der Waals surface area contributed by atoms with Gasteiger partial charge in [-0.25, -0.2) is 0 Å². The zero-order valence-corrected chi connectivity index (χ0v) is 12.4. The second-order valence-corrected chi connectivity index (χ2v) is 5.46. The average molecular weight is 281 g/mol. The van der Waals surface area contributed by atoms with E-state index < -0.39 is 0 Å². The van der Waals surface area contributed by atoms with Crippen molar-refractivity contribution in [1.82, 2.24) is 9.78 Å². The Balaban J connectivity index is 2.11. The molecule has 5 heteroatoms. The summed E-state index contributed by atoms with van der Waals surface area (Å²) < 4.78 is 1.80. The number of hydrogen-bond donors (Lipinski definition) is 1. The predicted molar refractivity (Wildman–Crippen MR) is 82.5 cm³/mol. The highest BCUT2D eigenvalue weighted by Gasteiger charge is 2.32. The van der Waals surface area contributed by atoms with Crippen LogP contribution in [0.25, 0.3) is 0 Å². The van der Waals surface area contributed by atoms with Crippen LogP contribution in [0.15, 0.2) is 24.3 Å². The van der Waals surface area contributed by atoms with Gasteiger partial charge < -0.3 is 10.6 Å². The third-order valence-corrected chi connectivity index (χ3v) is 4.14. The maximum atomic E-state index is 9.44. The van der Waals surface area contributed by atoms with Crippen molar-refractivity contribution in [2.75, 3.05) is 18.0 Å². The minimum Gasteiger partial charge on any atom is -0.330 e. The predicted octanol–water partition coefficient (Wildman–Crippen LogP) is 2.18. The summed E-state index contributed by atoms with van der Waals surface area (Å²) in [5, 5.41) is 13.8. The molecule has 3 rings (SSSR count). The Hall–Kier alpha value is -2.32. The van der Waals surface area contributed by atoms with Crippen molar-refractivity contribution in [3.63, 3.8) is 0 Å². The van der Waals surface area contributed by atoms with E-state index in [-0.39, 0.29) is 0 Å². The van der Waals surface area contributed by atoms with E-state index in [2.05, 4.69) is 34.3 Å². The highest BCUT2D eigenvalue weighted by Crippen LogP contribution is 2.43. The third-order valence-electron chi connectivity index (χ3n) is 4.14. The first kappa shape index (κ1) is 13.7. The average Bonchev–Trinajstić information content (AvgIpc) is 2.97. The molecule has 0 aliphatic carbocycles. The largest absolute Gasteiger partial charge is 0.330 e. The Morgan fingerprint density at radius 1 is 1.43 bits per heavy atom. The van der Waals surface area contributed by atoms with E-state index in [1.54, 1.807) is 4.68 Å². The molecule has 0 saturated carbocycles. The topological polar surface area (TPSA) is 70.9 Å². The summed E-state index contributed by atoms with van der Waals surface area (Å²) >= 11 is 0. The molecule has 1 aromatic heterocycles. The lowest BCUT2D eigenvalue weighted by atomic mass is 9.98. The molecule has 0 bridgehead atoms. The van der Waals surface area contributed by atoms with Crippen LogP contribution >= 0.6 is 0 Å². The number of anilines is 2. The van der Waals surface area contributed by atoms with Crippen LogP contribution in [0.2, 0.25) is 0 Å². The van der Waals surface area contributed by atoms with Gasteiger partial charge >= 0.3 is 0 Å². The van der Waals surface area contributed by atoms with Gasteiger partial charge in [0.15, 0.2) is 0 Å². The number of rotatable bonds is 3. The highest BCUT2D eigenvalue weighted by molar-refractivity contribution is 5.73. The Morgan fingerprint density at radius 3 is 2.90 bits per heavy atom. The molecular weight excluding hydrogens is 262 g/mol. The molecule has 1 atom stereocenters. The van der Waals surface area contributed by atoms with Gasteiger partial charge in [0.05, 0.1) is 5.69 Å². The fourth-order valence-corrected chi connectivity index (χ4v) is 3.23. The fraction of sp³-hybridized carbons (Fsp3) is 0.375. The van der Waals surface area contributed by atoms with Gasteiger partial charge in [-0.2, -0.15) is 10.4 Å². The van der Waals surface area contributed by atoms with Gasteiger partial charge in [0.2, 0.25) is 0 Å². The van der Waals surface area contributed by atoms with Crippen LogP contribution in [0, 0.1) is 18.3 Å². The van der Waals surface area contributed by atoms with E-state index in [1.165, 1.54) is 5.56 Å². The number of benzene rings is 1. The van der Waals surface area contributed by atoms with Crippen LogP contribution in [-0.4, -0.2) is 22.9 Å². The molecule has 0 spiro atoms. The molecule has 2 N–H and O–H groups in total. The molecule has 0 saturated heterocycles. The van der Waals surface area contributed by atoms with Gasteiger partial charge in [0, 0.05) is 25.2 Å². The van der Waals surface area contributed by atoms with Crippen molar-refractivity contribution < 1.29 is 0 Å². The van der Waals surface area contributed by atoms with Crippen molar-refractivity contribution in [3.8, 4) is 6.07 Å². The Bertz CT molecular complexity index is 710. The van der Waals surface area contributed by atoms with Gasteiger partial charge in [-0.05, 0) is 31.5 Å². The smallest absolute Gasteiger partial charge is 0.149 e. The van der Waals surface area contributed by atoms with Gasteiger partial charge in [-0.1, -0.05) is 18.2 Å². The molecule has 2 heterocycles. The molecule has 21 heavy (non-hydrogen) atoms. The monoisotopic (exact) mass is 281 g/mol. The first-order valence-corrected chi connectivity index (χ1v) is 7.17. The summed E-state index contributed by atoms with van der Waals surface area (Å²) in [7, 11) is 1.89. The number of nitrogens with two attached hydrogens (primary N) is 1. The molecular formula is C16H19N5. The summed E-state index contributed by atoms with van der Waals surface area (Å²) in [6.45, 7) is 3.40. The second-order valence-electron chi connectivity index (χ2n) is 5.46. The Labute approximate surface area is 124 Å². The van der Waals surface area contributed by atoms with Crippen molar-refractivity contribution >= 4 is 11.5 Å². The number of aromatic nitrogens is 2. The molecule has 1 aromatic carbocycles. The summed E-state index contributed by atoms with van der Waals surface area (Å²) in [5.41, 5.74) is 9.65. The maximum Gasteiger partial charge on any atom is 0.149 e. The Kier molecular flexibility index (Phi) is 3.40. The number of nitriles is 1. The molecule has 0 radical (unpaired) electrons. The zero-order chi connectivity index (χ0) is 15.0. The first-order chi connectivity index (χ1) is 10.2. The minimum atomic E-state index is 0.410. The van der Waals surface area contributed by atoms with E-state index in [4.69, 9.17) is 5.73 Å². The SMILES string of the molecule is Cc1nn(C)c(N2CC(CCN)c3ccccc32)c1C#N. The van der Waals surface area contributed by atoms with Crippen LogP contribution in [0.5, 0.6) is 0 Å². The lowest BCUT2D eigenvalue weighted by Gasteiger charge is -2.20.